The molecule has 10 N–H and O–H groups in total. The lowest BCUT2D eigenvalue weighted by atomic mass is 10.1. The SMILES string of the molecule is C#CCOCCOCCOCCNc1nc(N2CCN(C(=O)C(C)n3cc(CCC[NH+]=C(N)N)nn3)CC2)nc(N2CCN(C(=O)C(C(C)O)n3cc(CCCC[NH3+])nn3)CC2)n1.[Cl-]. The first-order valence-electron chi connectivity index (χ1n) is 21.7. The minimum Gasteiger partial charge on any atom is -1.00 e. The van der Waals surface area contributed by atoms with Crippen molar-refractivity contribution in [3.8, 4) is 12.3 Å². The normalized spacial score (nSPS) is 15.5. The number of ether oxygens (including phenoxy) is 3. The van der Waals surface area contributed by atoms with E-state index in [1.54, 1.807) is 28.9 Å². The van der Waals surface area contributed by atoms with E-state index in [4.69, 9.17) is 47.1 Å². The van der Waals surface area contributed by atoms with E-state index in [1.165, 1.54) is 4.68 Å². The van der Waals surface area contributed by atoms with Gasteiger partial charge in [-0.2, -0.15) is 15.0 Å². The lowest BCUT2D eigenvalue weighted by Crippen LogP contribution is -3.00. The molecule has 5 heterocycles. The first kappa shape index (κ1) is 51.2. The zero-order valence-electron chi connectivity index (χ0n) is 37.1. The monoisotopic (exact) mass is 918 g/mol. The smallest absolute Gasteiger partial charge is 0.338 e. The number of unbranched alkanes of at least 4 members (excludes halogenated alkanes) is 1. The number of rotatable bonds is 26. The number of carbonyl (C=O) groups excluding carboxylic acids is 2. The van der Waals surface area contributed by atoms with Crippen molar-refractivity contribution in [2.24, 2.45) is 11.5 Å². The van der Waals surface area contributed by atoms with Crippen molar-refractivity contribution in [3.63, 3.8) is 0 Å². The van der Waals surface area contributed by atoms with Crippen LogP contribution in [0.2, 0.25) is 0 Å². The maximum absolute atomic E-state index is 13.8. The van der Waals surface area contributed by atoms with E-state index in [0.29, 0.717) is 123 Å². The standard InChI is InChI=1S/C39H64N18O6.ClH/c1-4-21-61-23-25-63-26-24-62-22-12-44-37-45-38(54-17-13-52(14-18-54)34(59)29(2)56-27-32(48-50-56)9-7-11-43-36(41)42)47-39(46-37)55-19-15-53(16-20-55)35(60)33(30(3)58)57-28-31(49-51-57)8-5-6-10-40;/h1,27-30,33,58H,5-26,40H2,2-3H3,(H4,41,42,43)(H,44,45,46,47);1H/p+1. The summed E-state index contributed by atoms with van der Waals surface area (Å²) >= 11 is 0. The second kappa shape index (κ2) is 27.0. The number of nitrogens with zero attached hydrogens (tertiary/aromatic N) is 13. The van der Waals surface area contributed by atoms with Gasteiger partial charge in [0.05, 0.1) is 63.6 Å². The van der Waals surface area contributed by atoms with Crippen molar-refractivity contribution in [2.45, 2.75) is 64.1 Å². The maximum atomic E-state index is 13.8. The number of carbonyl (C=O) groups is 2. The number of quaternary nitrogens is 1. The van der Waals surface area contributed by atoms with E-state index >= 15 is 0 Å². The second-order valence-electron chi connectivity index (χ2n) is 15.3. The Hall–Kier alpha value is -5.45. The summed E-state index contributed by atoms with van der Waals surface area (Å²) in [6.45, 7) is 11.2. The molecule has 3 atom stereocenters. The number of hydrogen-bond acceptors (Lipinski definition) is 16. The molecule has 3 aromatic heterocycles. The van der Waals surface area contributed by atoms with Crippen LogP contribution in [-0.4, -0.2) is 195 Å². The van der Waals surface area contributed by atoms with Crippen LogP contribution in [-0.2, 0) is 36.6 Å². The fourth-order valence-corrected chi connectivity index (χ4v) is 7.05. The van der Waals surface area contributed by atoms with E-state index in [9.17, 15) is 14.7 Å². The number of anilines is 3. The summed E-state index contributed by atoms with van der Waals surface area (Å²) < 4.78 is 19.5. The van der Waals surface area contributed by atoms with Crippen molar-refractivity contribution >= 4 is 35.6 Å². The van der Waals surface area contributed by atoms with E-state index in [1.807, 2.05) is 21.6 Å². The van der Waals surface area contributed by atoms with E-state index in [-0.39, 0.29) is 36.8 Å². The number of nitrogens with one attached hydrogen (secondary N) is 2. The number of aliphatic hydroxyl groups is 1. The third-order valence-electron chi connectivity index (χ3n) is 10.6. The molecular formula is C39H66ClN18O6+. The second-order valence-corrected chi connectivity index (χ2v) is 15.3. The van der Waals surface area contributed by atoms with Gasteiger partial charge in [0.15, 0.2) is 6.04 Å². The molecule has 0 aromatic carbocycles. The summed E-state index contributed by atoms with van der Waals surface area (Å²) in [4.78, 5) is 52.4. The van der Waals surface area contributed by atoms with Crippen molar-refractivity contribution in [1.82, 2.24) is 54.7 Å². The Labute approximate surface area is 380 Å². The number of hydrogen-bond donors (Lipinski definition) is 6. The summed E-state index contributed by atoms with van der Waals surface area (Å²) in [7, 11) is 0. The van der Waals surface area contributed by atoms with Crippen LogP contribution in [0.25, 0.3) is 0 Å². The molecule has 0 bridgehead atoms. The summed E-state index contributed by atoms with van der Waals surface area (Å²) in [5.74, 6) is 3.61. The van der Waals surface area contributed by atoms with Crippen LogP contribution in [0, 0.1) is 12.3 Å². The summed E-state index contributed by atoms with van der Waals surface area (Å²) in [6, 6.07) is -1.43. The molecular weight excluding hydrogens is 852 g/mol. The highest BCUT2D eigenvalue weighted by atomic mass is 35.5. The molecule has 3 aromatic rings. The van der Waals surface area contributed by atoms with Gasteiger partial charge in [-0.3, -0.25) is 26.0 Å². The van der Waals surface area contributed by atoms with Gasteiger partial charge in [-0.1, -0.05) is 16.3 Å². The first-order chi connectivity index (χ1) is 30.6. The van der Waals surface area contributed by atoms with Crippen molar-refractivity contribution < 1.29 is 52.0 Å². The minimum atomic E-state index is -0.978. The van der Waals surface area contributed by atoms with Crippen molar-refractivity contribution in [1.29, 1.82) is 0 Å². The Morgan fingerprint density at radius 3 is 1.94 bits per heavy atom. The van der Waals surface area contributed by atoms with Crippen LogP contribution >= 0.6 is 0 Å². The molecule has 2 amide bonds. The van der Waals surface area contributed by atoms with Crippen LogP contribution in [0.5, 0.6) is 0 Å². The molecule has 2 saturated heterocycles. The number of piperazine rings is 2. The van der Waals surface area contributed by atoms with Crippen LogP contribution in [0.15, 0.2) is 12.4 Å². The summed E-state index contributed by atoms with van der Waals surface area (Å²) in [5, 5.41) is 30.9. The lowest BCUT2D eigenvalue weighted by Gasteiger charge is -2.38. The Kier molecular flexibility index (Phi) is 21.6. The molecule has 2 aliphatic rings. The van der Waals surface area contributed by atoms with Crippen molar-refractivity contribution in [2.75, 3.05) is 127 Å². The number of aliphatic hydroxyl groups excluding tert-OH is 1. The van der Waals surface area contributed by atoms with Crippen LogP contribution in [0.4, 0.5) is 17.8 Å². The molecule has 25 heteroatoms. The molecule has 0 radical (unpaired) electrons. The molecule has 0 saturated carbocycles. The molecule has 354 valence electrons. The van der Waals surface area contributed by atoms with Gasteiger partial charge in [-0.25, -0.2) is 9.36 Å². The van der Waals surface area contributed by atoms with E-state index in [0.717, 1.165) is 43.6 Å². The third kappa shape index (κ3) is 15.7. The lowest BCUT2D eigenvalue weighted by molar-refractivity contribution is -0.459. The molecule has 64 heavy (non-hydrogen) atoms. The number of amides is 2. The fraction of sp³-hybridized carbons (Fsp3) is 0.692. The number of guanidine groups is 1. The predicted octanol–water partition coefficient (Wildman–Crippen LogP) is -7.81. The molecule has 5 rings (SSSR count). The van der Waals surface area contributed by atoms with Gasteiger partial charge in [-0.05, 0) is 46.0 Å². The quantitative estimate of drug-likeness (QED) is 0.0189. The predicted molar refractivity (Wildman–Crippen MR) is 231 cm³/mol. The van der Waals surface area contributed by atoms with Gasteiger partial charge in [0.2, 0.25) is 29.7 Å². The molecule has 24 nitrogen and oxygen atoms in total. The Bertz CT molecular complexity index is 1920. The largest absolute Gasteiger partial charge is 1.00 e. The Morgan fingerprint density at radius 2 is 1.36 bits per heavy atom. The van der Waals surface area contributed by atoms with Gasteiger partial charge >= 0.3 is 5.96 Å². The van der Waals surface area contributed by atoms with Gasteiger partial charge in [-0.15, -0.1) is 16.6 Å². The molecule has 0 aliphatic carbocycles. The molecule has 3 unspecified atom stereocenters. The minimum absolute atomic E-state index is 0. The zero-order valence-corrected chi connectivity index (χ0v) is 37.8. The number of aromatic nitrogens is 9. The van der Waals surface area contributed by atoms with E-state index in [2.05, 4.69) is 42.6 Å². The maximum Gasteiger partial charge on any atom is 0.338 e. The van der Waals surface area contributed by atoms with Crippen LogP contribution in [0.1, 0.15) is 56.6 Å². The average molecular weight is 919 g/mol. The highest BCUT2D eigenvalue weighted by molar-refractivity contribution is 5.81. The first-order valence-corrected chi connectivity index (χ1v) is 21.7. The van der Waals surface area contributed by atoms with Gasteiger partial charge in [0.1, 0.15) is 12.6 Å². The topological polar surface area (TPSA) is 301 Å². The zero-order chi connectivity index (χ0) is 45.0. The summed E-state index contributed by atoms with van der Waals surface area (Å²) in [5.41, 5.74) is 16.4. The van der Waals surface area contributed by atoms with E-state index < -0.39 is 18.2 Å². The molecule has 2 fully saturated rings. The highest BCUT2D eigenvalue weighted by Gasteiger charge is 2.34. The van der Waals surface area contributed by atoms with Crippen molar-refractivity contribution in [3.05, 3.63) is 23.8 Å². The number of aryl methyl sites for hydroxylation is 2. The number of halogens is 1. The fourth-order valence-electron chi connectivity index (χ4n) is 7.05. The molecule has 2 aliphatic heterocycles. The van der Waals surface area contributed by atoms with Crippen LogP contribution < -0.4 is 49.7 Å². The highest BCUT2D eigenvalue weighted by Crippen LogP contribution is 2.23. The van der Waals surface area contributed by atoms with Gasteiger partial charge < -0.3 is 62.4 Å². The van der Waals surface area contributed by atoms with Crippen LogP contribution in [0.3, 0.4) is 0 Å². The molecule has 0 spiro atoms. The Morgan fingerprint density at radius 1 is 0.812 bits per heavy atom. The average Bonchev–Trinajstić information content (AvgIpc) is 3.96. The van der Waals surface area contributed by atoms with Gasteiger partial charge in [0.25, 0.3) is 0 Å². The number of terminal acetylenes is 1. The Balaban J connectivity index is 0.00000898. The number of nitrogens with two attached hydrogens (primary N) is 2. The summed E-state index contributed by atoms with van der Waals surface area (Å²) in [6.07, 6.45) is 11.8. The third-order valence-corrected chi connectivity index (χ3v) is 10.6. The van der Waals surface area contributed by atoms with Gasteiger partial charge in [0, 0.05) is 71.3 Å².